The third kappa shape index (κ3) is 4.91. The second kappa shape index (κ2) is 8.46. The fourth-order valence-corrected chi connectivity index (χ4v) is 3.80. The zero-order valence-corrected chi connectivity index (χ0v) is 16.8. The number of para-hydroxylation sites is 1. The maximum atomic E-state index is 12.7. The minimum atomic E-state index is -0.475. The topological polar surface area (TPSA) is 74.1 Å². The van der Waals surface area contributed by atoms with Crippen molar-refractivity contribution in [3.63, 3.8) is 0 Å². The summed E-state index contributed by atoms with van der Waals surface area (Å²) in [5.74, 6) is 0. The number of nitrogens with zero attached hydrogens (tertiary/aromatic N) is 3. The van der Waals surface area contributed by atoms with Gasteiger partial charge in [0.25, 0.3) is 0 Å². The summed E-state index contributed by atoms with van der Waals surface area (Å²) in [5, 5.41) is 3.42. The molecule has 7 heteroatoms. The number of amides is 1. The van der Waals surface area contributed by atoms with Crippen LogP contribution in [0.4, 0.5) is 10.5 Å². The average molecular weight is 376 g/mol. The van der Waals surface area contributed by atoms with Crippen LogP contribution in [0.5, 0.6) is 0 Å². The lowest BCUT2D eigenvalue weighted by Gasteiger charge is -2.46. The van der Waals surface area contributed by atoms with Crippen molar-refractivity contribution in [1.29, 1.82) is 0 Å². The zero-order chi connectivity index (χ0) is 19.4. The molecule has 27 heavy (non-hydrogen) atoms. The normalized spacial score (nSPS) is 22.0. The van der Waals surface area contributed by atoms with E-state index in [-0.39, 0.29) is 12.3 Å². The average Bonchev–Trinajstić information content (AvgIpc) is 2.67. The molecular formula is C20H33N5O2. The number of piperazine rings is 2. The Morgan fingerprint density at radius 3 is 2.56 bits per heavy atom. The number of nitrogens with one attached hydrogen (secondary N) is 1. The molecular weight excluding hydrogens is 342 g/mol. The maximum absolute atomic E-state index is 12.7. The number of carbonyl (C=O) groups excluding carboxylic acids is 1. The lowest BCUT2D eigenvalue weighted by molar-refractivity contribution is -0.0211. The second-order valence-electron chi connectivity index (χ2n) is 8.21. The highest BCUT2D eigenvalue weighted by Crippen LogP contribution is 2.23. The first-order valence-electron chi connectivity index (χ1n) is 9.86. The number of ether oxygens (including phenoxy) is 1. The van der Waals surface area contributed by atoms with E-state index >= 15 is 0 Å². The summed E-state index contributed by atoms with van der Waals surface area (Å²) in [6.07, 6.45) is -0.176. The number of carbonyl (C=O) groups is 1. The molecule has 0 spiro atoms. The van der Waals surface area contributed by atoms with Gasteiger partial charge in [-0.1, -0.05) is 18.2 Å². The van der Waals surface area contributed by atoms with Crippen LogP contribution in [0.15, 0.2) is 24.3 Å². The number of anilines is 1. The summed E-state index contributed by atoms with van der Waals surface area (Å²) in [7, 11) is 0. The van der Waals surface area contributed by atoms with Gasteiger partial charge in [0.05, 0.1) is 0 Å². The van der Waals surface area contributed by atoms with Gasteiger partial charge in [-0.05, 0) is 32.4 Å². The molecule has 2 saturated heterocycles. The van der Waals surface area contributed by atoms with Gasteiger partial charge >= 0.3 is 6.09 Å². The van der Waals surface area contributed by atoms with Crippen LogP contribution in [0.3, 0.4) is 0 Å². The molecule has 0 bridgehead atoms. The van der Waals surface area contributed by atoms with Crippen LogP contribution in [0.1, 0.15) is 26.3 Å². The Kier molecular flexibility index (Phi) is 6.24. The molecule has 0 aromatic heterocycles. The highest BCUT2D eigenvalue weighted by Gasteiger charge is 2.35. The van der Waals surface area contributed by atoms with E-state index in [0.29, 0.717) is 13.1 Å². The molecule has 2 aliphatic rings. The molecule has 2 aliphatic heterocycles. The summed E-state index contributed by atoms with van der Waals surface area (Å²) in [6, 6.07) is 8.34. The molecule has 150 valence electrons. The smallest absolute Gasteiger partial charge is 0.411 e. The van der Waals surface area contributed by atoms with Crippen molar-refractivity contribution in [3.05, 3.63) is 29.8 Å². The van der Waals surface area contributed by atoms with Crippen molar-refractivity contribution in [3.8, 4) is 0 Å². The monoisotopic (exact) mass is 375 g/mol. The third-order valence-electron chi connectivity index (χ3n) is 5.13. The highest BCUT2D eigenvalue weighted by atomic mass is 16.6. The van der Waals surface area contributed by atoms with Crippen LogP contribution in [0.2, 0.25) is 0 Å². The van der Waals surface area contributed by atoms with Crippen LogP contribution in [-0.2, 0) is 11.3 Å². The largest absolute Gasteiger partial charge is 0.444 e. The number of hydrogen-bond donors (Lipinski definition) is 2. The summed E-state index contributed by atoms with van der Waals surface area (Å²) in [5.41, 5.74) is 7.83. The summed E-state index contributed by atoms with van der Waals surface area (Å²) >= 11 is 0. The molecule has 2 fully saturated rings. The van der Waals surface area contributed by atoms with Crippen molar-refractivity contribution >= 4 is 11.8 Å². The Labute approximate surface area is 162 Å². The number of benzene rings is 1. The van der Waals surface area contributed by atoms with Gasteiger partial charge in [0.15, 0.2) is 0 Å². The maximum Gasteiger partial charge on any atom is 0.411 e. The van der Waals surface area contributed by atoms with Crippen LogP contribution in [-0.4, -0.2) is 73.5 Å². The molecule has 0 aliphatic carbocycles. The third-order valence-corrected chi connectivity index (χ3v) is 5.13. The van der Waals surface area contributed by atoms with Gasteiger partial charge in [0.1, 0.15) is 11.8 Å². The van der Waals surface area contributed by atoms with Gasteiger partial charge in [-0.3, -0.25) is 9.80 Å². The Bertz CT molecular complexity index is 638. The van der Waals surface area contributed by atoms with Gasteiger partial charge in [-0.15, -0.1) is 0 Å². The molecule has 3 rings (SSSR count). The first-order valence-corrected chi connectivity index (χ1v) is 9.86. The second-order valence-corrected chi connectivity index (χ2v) is 8.21. The molecule has 1 aromatic rings. The first-order chi connectivity index (χ1) is 12.9. The Morgan fingerprint density at radius 2 is 1.89 bits per heavy atom. The van der Waals surface area contributed by atoms with Gasteiger partial charge in [0.2, 0.25) is 0 Å². The molecule has 0 radical (unpaired) electrons. The molecule has 7 nitrogen and oxygen atoms in total. The van der Waals surface area contributed by atoms with E-state index in [1.807, 2.05) is 31.7 Å². The number of nitrogens with two attached hydrogens (primary N) is 1. The van der Waals surface area contributed by atoms with Crippen molar-refractivity contribution in [1.82, 2.24) is 15.1 Å². The van der Waals surface area contributed by atoms with E-state index in [1.165, 1.54) is 11.3 Å². The van der Waals surface area contributed by atoms with E-state index in [2.05, 4.69) is 33.3 Å². The highest BCUT2D eigenvalue weighted by molar-refractivity contribution is 5.68. The van der Waals surface area contributed by atoms with Crippen molar-refractivity contribution in [2.45, 2.75) is 39.1 Å². The van der Waals surface area contributed by atoms with E-state index in [9.17, 15) is 4.79 Å². The van der Waals surface area contributed by atoms with Crippen molar-refractivity contribution < 1.29 is 9.53 Å². The van der Waals surface area contributed by atoms with Gasteiger partial charge in [-0.25, -0.2) is 4.79 Å². The standard InChI is InChI=1S/C20H33N5O2/c1-20(2,3)27-19(26)25-9-8-22-15-18(25)24-12-10-23(11-13-24)17-7-5-4-6-16(17)14-21/h4-7,18,22H,8-15,21H2,1-3H3. The van der Waals surface area contributed by atoms with Gasteiger partial charge in [0, 0.05) is 58.0 Å². The summed E-state index contributed by atoms with van der Waals surface area (Å²) in [6.45, 7) is 12.2. The molecule has 1 aromatic carbocycles. The lowest BCUT2D eigenvalue weighted by atomic mass is 10.1. The fourth-order valence-electron chi connectivity index (χ4n) is 3.80. The lowest BCUT2D eigenvalue weighted by Crippen LogP contribution is -2.64. The van der Waals surface area contributed by atoms with Crippen LogP contribution in [0, 0.1) is 0 Å². The minimum Gasteiger partial charge on any atom is -0.444 e. The quantitative estimate of drug-likeness (QED) is 0.833. The Morgan fingerprint density at radius 1 is 1.19 bits per heavy atom. The minimum absolute atomic E-state index is 0.0421. The number of rotatable bonds is 3. The van der Waals surface area contributed by atoms with Crippen molar-refractivity contribution in [2.75, 3.05) is 50.7 Å². The molecule has 0 saturated carbocycles. The molecule has 1 amide bonds. The fraction of sp³-hybridized carbons (Fsp3) is 0.650. The molecule has 1 atom stereocenters. The summed E-state index contributed by atoms with van der Waals surface area (Å²) < 4.78 is 5.63. The predicted octanol–water partition coefficient (Wildman–Crippen LogP) is 1.43. The van der Waals surface area contributed by atoms with Gasteiger partial charge < -0.3 is 20.7 Å². The van der Waals surface area contributed by atoms with E-state index in [0.717, 1.165) is 39.3 Å². The molecule has 1 unspecified atom stereocenters. The SMILES string of the molecule is CC(C)(C)OC(=O)N1CCNCC1N1CCN(c2ccccc2CN)CC1. The van der Waals surface area contributed by atoms with Crippen molar-refractivity contribution in [2.24, 2.45) is 5.73 Å². The first kappa shape index (κ1) is 19.9. The van der Waals surface area contributed by atoms with Crippen LogP contribution >= 0.6 is 0 Å². The molecule has 3 N–H and O–H groups in total. The van der Waals surface area contributed by atoms with E-state index in [4.69, 9.17) is 10.5 Å². The van der Waals surface area contributed by atoms with Crippen LogP contribution in [0.25, 0.3) is 0 Å². The predicted molar refractivity (Wildman–Crippen MR) is 108 cm³/mol. The van der Waals surface area contributed by atoms with E-state index in [1.54, 1.807) is 0 Å². The number of hydrogen-bond acceptors (Lipinski definition) is 6. The van der Waals surface area contributed by atoms with E-state index < -0.39 is 5.60 Å². The van der Waals surface area contributed by atoms with Gasteiger partial charge in [-0.2, -0.15) is 0 Å². The Balaban J connectivity index is 1.64. The zero-order valence-electron chi connectivity index (χ0n) is 16.8. The molecule has 2 heterocycles. The summed E-state index contributed by atoms with van der Waals surface area (Å²) in [4.78, 5) is 19.3. The Hall–Kier alpha value is -1.83. The van der Waals surface area contributed by atoms with Crippen LogP contribution < -0.4 is 16.0 Å².